The quantitative estimate of drug-likeness (QED) is 0.825. The second-order valence-electron chi connectivity index (χ2n) is 6.94. The summed E-state index contributed by atoms with van der Waals surface area (Å²) >= 11 is 0. The molecule has 3 rings (SSSR count). The highest BCUT2D eigenvalue weighted by molar-refractivity contribution is 5.73. The van der Waals surface area contributed by atoms with E-state index in [0.29, 0.717) is 19.2 Å². The molecule has 2 aliphatic heterocycles. The molecule has 1 aromatic rings. The van der Waals surface area contributed by atoms with Crippen LogP contribution in [0.25, 0.3) is 0 Å². The summed E-state index contributed by atoms with van der Waals surface area (Å²) in [5.74, 6) is 0. The van der Waals surface area contributed by atoms with Crippen LogP contribution in [-0.4, -0.2) is 56.0 Å². The number of amides is 2. The number of hydrogen-bond donors (Lipinski definition) is 2. The molecule has 2 N–H and O–H groups in total. The van der Waals surface area contributed by atoms with Gasteiger partial charge in [-0.1, -0.05) is 24.3 Å². The number of carbonyl (C=O) groups excluding carboxylic acids is 1. The predicted octanol–water partition coefficient (Wildman–Crippen LogP) is 1.89. The Morgan fingerprint density at radius 1 is 1.24 bits per heavy atom. The fourth-order valence-electron chi connectivity index (χ4n) is 3.39. The van der Waals surface area contributed by atoms with Crippen molar-refractivity contribution in [3.05, 3.63) is 35.4 Å². The first-order chi connectivity index (χ1) is 12.2. The molecule has 6 heteroatoms. The first kappa shape index (κ1) is 18.2. The van der Waals surface area contributed by atoms with Crippen molar-refractivity contribution in [2.24, 2.45) is 0 Å². The van der Waals surface area contributed by atoms with E-state index in [4.69, 9.17) is 9.47 Å². The maximum Gasteiger partial charge on any atom is 0.315 e. The molecule has 0 unspecified atom stereocenters. The van der Waals surface area contributed by atoms with Gasteiger partial charge < -0.3 is 20.1 Å². The van der Waals surface area contributed by atoms with Crippen molar-refractivity contribution in [3.63, 3.8) is 0 Å². The minimum absolute atomic E-state index is 0.136. The lowest BCUT2D eigenvalue weighted by Gasteiger charge is -2.31. The summed E-state index contributed by atoms with van der Waals surface area (Å²) in [7, 11) is 0. The van der Waals surface area contributed by atoms with Gasteiger partial charge in [-0.3, -0.25) is 4.90 Å². The Morgan fingerprint density at radius 3 is 2.92 bits per heavy atom. The van der Waals surface area contributed by atoms with Crippen molar-refractivity contribution in [1.82, 2.24) is 15.5 Å². The number of nitrogens with zero attached hydrogens (tertiary/aromatic N) is 1. The molecule has 1 aromatic carbocycles. The van der Waals surface area contributed by atoms with Gasteiger partial charge in [0.05, 0.1) is 18.8 Å². The Bertz CT molecular complexity index is 561. The van der Waals surface area contributed by atoms with Crippen LogP contribution < -0.4 is 10.6 Å². The maximum absolute atomic E-state index is 11.9. The number of carbonyl (C=O) groups is 1. The smallest absolute Gasteiger partial charge is 0.315 e. The molecular weight excluding hydrogens is 318 g/mol. The number of ether oxygens (including phenoxy) is 2. The molecule has 2 amide bonds. The van der Waals surface area contributed by atoms with E-state index >= 15 is 0 Å². The summed E-state index contributed by atoms with van der Waals surface area (Å²) in [6.07, 6.45) is 2.58. The summed E-state index contributed by atoms with van der Waals surface area (Å²) < 4.78 is 11.1. The molecule has 0 aromatic heterocycles. The predicted molar refractivity (Wildman–Crippen MR) is 96.3 cm³/mol. The SMILES string of the molecule is C[C@@H]1CN(Cc2cccc(CNC(=O)NC[C@H]3CCCO3)c2)CCO1. The highest BCUT2D eigenvalue weighted by atomic mass is 16.5. The van der Waals surface area contributed by atoms with Gasteiger partial charge in [-0.05, 0) is 30.9 Å². The minimum Gasteiger partial charge on any atom is -0.376 e. The van der Waals surface area contributed by atoms with Crippen molar-refractivity contribution in [1.29, 1.82) is 0 Å². The largest absolute Gasteiger partial charge is 0.376 e. The Balaban J connectivity index is 1.42. The Labute approximate surface area is 149 Å². The van der Waals surface area contributed by atoms with E-state index in [1.54, 1.807) is 0 Å². The van der Waals surface area contributed by atoms with Crippen molar-refractivity contribution < 1.29 is 14.3 Å². The van der Waals surface area contributed by atoms with Crippen molar-refractivity contribution in [2.75, 3.05) is 32.8 Å². The van der Waals surface area contributed by atoms with Crippen molar-refractivity contribution in [2.45, 2.75) is 45.1 Å². The number of nitrogens with one attached hydrogen (secondary N) is 2. The van der Waals surface area contributed by atoms with Crippen LogP contribution in [0.4, 0.5) is 4.79 Å². The molecular formula is C19H29N3O3. The average Bonchev–Trinajstić information content (AvgIpc) is 3.12. The number of rotatable bonds is 6. The van der Waals surface area contributed by atoms with E-state index in [9.17, 15) is 4.79 Å². The van der Waals surface area contributed by atoms with E-state index in [-0.39, 0.29) is 12.1 Å². The second-order valence-corrected chi connectivity index (χ2v) is 6.94. The third-order valence-electron chi connectivity index (χ3n) is 4.69. The fourth-order valence-corrected chi connectivity index (χ4v) is 3.39. The van der Waals surface area contributed by atoms with Crippen LogP contribution in [0.3, 0.4) is 0 Å². The van der Waals surface area contributed by atoms with E-state index < -0.39 is 0 Å². The second kappa shape index (κ2) is 9.17. The molecule has 2 fully saturated rings. The van der Waals surface area contributed by atoms with Crippen LogP contribution in [0.5, 0.6) is 0 Å². The molecule has 6 nitrogen and oxygen atoms in total. The molecule has 2 aliphatic rings. The first-order valence-corrected chi connectivity index (χ1v) is 9.24. The third-order valence-corrected chi connectivity index (χ3v) is 4.69. The van der Waals surface area contributed by atoms with Gasteiger partial charge in [-0.25, -0.2) is 4.79 Å². The standard InChI is InChI=1S/C19H29N3O3/c1-15-13-22(7-9-24-15)14-17-5-2-4-16(10-17)11-20-19(23)21-12-18-6-3-8-25-18/h2,4-5,10,15,18H,3,6-9,11-14H2,1H3,(H2,20,21,23)/t15-,18-/m1/s1. The van der Waals surface area contributed by atoms with Gasteiger partial charge in [0.15, 0.2) is 0 Å². The average molecular weight is 347 g/mol. The topological polar surface area (TPSA) is 62.8 Å². The molecule has 0 aliphatic carbocycles. The molecule has 2 saturated heterocycles. The molecule has 0 bridgehead atoms. The van der Waals surface area contributed by atoms with E-state index in [2.05, 4.69) is 40.7 Å². The van der Waals surface area contributed by atoms with Gasteiger partial charge in [0, 0.05) is 39.3 Å². The highest BCUT2D eigenvalue weighted by Crippen LogP contribution is 2.12. The zero-order chi connectivity index (χ0) is 17.5. The maximum atomic E-state index is 11.9. The first-order valence-electron chi connectivity index (χ1n) is 9.24. The molecule has 2 heterocycles. The van der Waals surface area contributed by atoms with E-state index in [1.165, 1.54) is 5.56 Å². The molecule has 0 spiro atoms. The summed E-state index contributed by atoms with van der Waals surface area (Å²) in [4.78, 5) is 14.3. The van der Waals surface area contributed by atoms with Gasteiger partial charge in [-0.2, -0.15) is 0 Å². The summed E-state index contributed by atoms with van der Waals surface area (Å²) in [5, 5.41) is 5.80. The van der Waals surface area contributed by atoms with Gasteiger partial charge in [0.25, 0.3) is 0 Å². The van der Waals surface area contributed by atoms with Crippen LogP contribution in [0.15, 0.2) is 24.3 Å². The summed E-state index contributed by atoms with van der Waals surface area (Å²) in [6.45, 7) is 7.70. The van der Waals surface area contributed by atoms with Crippen LogP contribution in [0.1, 0.15) is 30.9 Å². The van der Waals surface area contributed by atoms with Crippen LogP contribution >= 0.6 is 0 Å². The number of morpholine rings is 1. The monoisotopic (exact) mass is 347 g/mol. The van der Waals surface area contributed by atoms with Crippen molar-refractivity contribution >= 4 is 6.03 Å². The molecule has 25 heavy (non-hydrogen) atoms. The molecule has 2 atom stereocenters. The zero-order valence-electron chi connectivity index (χ0n) is 15.0. The Hall–Kier alpha value is -1.63. The fraction of sp³-hybridized carbons (Fsp3) is 0.632. The van der Waals surface area contributed by atoms with Crippen molar-refractivity contribution in [3.8, 4) is 0 Å². The van der Waals surface area contributed by atoms with Gasteiger partial charge >= 0.3 is 6.03 Å². The van der Waals surface area contributed by atoms with Crippen LogP contribution in [-0.2, 0) is 22.6 Å². The Kier molecular flexibility index (Phi) is 6.67. The molecule has 0 saturated carbocycles. The lowest BCUT2D eigenvalue weighted by molar-refractivity contribution is -0.0212. The normalized spacial score (nSPS) is 24.2. The number of hydrogen-bond acceptors (Lipinski definition) is 4. The number of benzene rings is 1. The zero-order valence-corrected chi connectivity index (χ0v) is 15.0. The van der Waals surface area contributed by atoms with Gasteiger partial charge in [-0.15, -0.1) is 0 Å². The molecule has 138 valence electrons. The van der Waals surface area contributed by atoms with Gasteiger partial charge in [0.1, 0.15) is 0 Å². The lowest BCUT2D eigenvalue weighted by atomic mass is 10.1. The van der Waals surface area contributed by atoms with Crippen LogP contribution in [0.2, 0.25) is 0 Å². The van der Waals surface area contributed by atoms with Gasteiger partial charge in [0.2, 0.25) is 0 Å². The summed E-state index contributed by atoms with van der Waals surface area (Å²) in [6, 6.07) is 8.27. The van der Waals surface area contributed by atoms with Crippen LogP contribution in [0, 0.1) is 0 Å². The Morgan fingerprint density at radius 2 is 2.12 bits per heavy atom. The van der Waals surface area contributed by atoms with E-state index in [1.807, 2.05) is 6.07 Å². The summed E-state index contributed by atoms with van der Waals surface area (Å²) in [5.41, 5.74) is 2.39. The number of urea groups is 1. The lowest BCUT2D eigenvalue weighted by Crippen LogP contribution is -2.40. The highest BCUT2D eigenvalue weighted by Gasteiger charge is 2.17. The minimum atomic E-state index is -0.136. The molecule has 0 radical (unpaired) electrons. The van der Waals surface area contributed by atoms with E-state index in [0.717, 1.165) is 51.3 Å². The third kappa shape index (κ3) is 5.99.